The molecule has 1 aliphatic rings. The molecule has 0 amide bonds. The van der Waals surface area contributed by atoms with E-state index in [2.05, 4.69) is 31.2 Å². The quantitative estimate of drug-likeness (QED) is 0.518. The number of fused-ring (bicyclic) bond motifs is 1. The third kappa shape index (κ3) is 3.91. The van der Waals surface area contributed by atoms with Crippen LogP contribution in [0, 0.1) is 5.82 Å². The van der Waals surface area contributed by atoms with Gasteiger partial charge in [0.1, 0.15) is 17.3 Å². The number of hydrogen-bond donors (Lipinski definition) is 0. The van der Waals surface area contributed by atoms with Crippen LogP contribution in [0.25, 0.3) is 5.57 Å². The molecule has 4 rings (SSSR count). The highest BCUT2D eigenvalue weighted by Gasteiger charge is 2.26. The molecular formula is C26H25FO2. The summed E-state index contributed by atoms with van der Waals surface area (Å²) in [4.78, 5) is 0. The SMILES string of the molecule is COc1ccc(C2Cc3ccc(OC)cc3C(Cc3cccc(F)c3)=C2C)cc1. The van der Waals surface area contributed by atoms with Crippen molar-refractivity contribution in [2.45, 2.75) is 25.7 Å². The van der Waals surface area contributed by atoms with Crippen LogP contribution in [0.2, 0.25) is 0 Å². The largest absolute Gasteiger partial charge is 0.497 e. The summed E-state index contributed by atoms with van der Waals surface area (Å²) in [6.45, 7) is 2.20. The van der Waals surface area contributed by atoms with E-state index in [1.54, 1.807) is 26.4 Å². The highest BCUT2D eigenvalue weighted by molar-refractivity contribution is 5.77. The van der Waals surface area contributed by atoms with Crippen molar-refractivity contribution in [3.05, 3.63) is 100 Å². The zero-order valence-corrected chi connectivity index (χ0v) is 17.0. The molecule has 0 aliphatic heterocycles. The molecule has 148 valence electrons. The van der Waals surface area contributed by atoms with Gasteiger partial charge in [-0.3, -0.25) is 0 Å². The van der Waals surface area contributed by atoms with Crippen molar-refractivity contribution in [1.29, 1.82) is 0 Å². The summed E-state index contributed by atoms with van der Waals surface area (Å²) in [7, 11) is 3.37. The van der Waals surface area contributed by atoms with Crippen molar-refractivity contribution in [3.8, 4) is 11.5 Å². The van der Waals surface area contributed by atoms with Crippen LogP contribution in [0.5, 0.6) is 11.5 Å². The molecule has 0 N–H and O–H groups in total. The highest BCUT2D eigenvalue weighted by Crippen LogP contribution is 2.42. The van der Waals surface area contributed by atoms with Gasteiger partial charge in [-0.1, -0.05) is 35.9 Å². The average molecular weight is 388 g/mol. The topological polar surface area (TPSA) is 18.5 Å². The van der Waals surface area contributed by atoms with Crippen LogP contribution in [-0.2, 0) is 12.8 Å². The fraction of sp³-hybridized carbons (Fsp3) is 0.231. The van der Waals surface area contributed by atoms with Crippen molar-refractivity contribution in [1.82, 2.24) is 0 Å². The van der Waals surface area contributed by atoms with Crippen LogP contribution in [0.4, 0.5) is 4.39 Å². The Hall–Kier alpha value is -3.07. The van der Waals surface area contributed by atoms with Gasteiger partial charge < -0.3 is 9.47 Å². The lowest BCUT2D eigenvalue weighted by Crippen LogP contribution is -2.15. The highest BCUT2D eigenvalue weighted by atomic mass is 19.1. The standard InChI is InChI=1S/C26H25FO2/c1-17-24(19-7-10-22(28-2)11-8-19)15-20-9-12-23(29-3)16-26(20)25(17)14-18-5-4-6-21(27)13-18/h4-13,16,24H,14-15H2,1-3H3. The first-order valence-corrected chi connectivity index (χ1v) is 9.84. The minimum Gasteiger partial charge on any atom is -0.497 e. The zero-order chi connectivity index (χ0) is 20.4. The third-order valence-corrected chi connectivity index (χ3v) is 5.85. The van der Waals surface area contributed by atoms with Gasteiger partial charge in [0.05, 0.1) is 14.2 Å². The molecule has 0 bridgehead atoms. The molecule has 29 heavy (non-hydrogen) atoms. The van der Waals surface area contributed by atoms with Crippen molar-refractivity contribution in [2.24, 2.45) is 0 Å². The fourth-order valence-electron chi connectivity index (χ4n) is 4.23. The summed E-state index contributed by atoms with van der Waals surface area (Å²) < 4.78 is 24.6. The predicted octanol–water partition coefficient (Wildman–Crippen LogP) is 6.20. The molecule has 3 aromatic rings. The third-order valence-electron chi connectivity index (χ3n) is 5.85. The van der Waals surface area contributed by atoms with Gasteiger partial charge in [-0.05, 0) is 84.0 Å². The van der Waals surface area contributed by atoms with E-state index in [0.717, 1.165) is 23.5 Å². The maximum atomic E-state index is 13.8. The molecule has 2 nitrogen and oxygen atoms in total. The zero-order valence-electron chi connectivity index (χ0n) is 17.0. The van der Waals surface area contributed by atoms with Gasteiger partial charge >= 0.3 is 0 Å². The summed E-state index contributed by atoms with van der Waals surface area (Å²) in [5, 5.41) is 0. The van der Waals surface area contributed by atoms with Crippen LogP contribution < -0.4 is 9.47 Å². The lowest BCUT2D eigenvalue weighted by molar-refractivity contribution is 0.414. The van der Waals surface area contributed by atoms with E-state index in [9.17, 15) is 4.39 Å². The molecule has 3 heteroatoms. The second-order valence-electron chi connectivity index (χ2n) is 7.52. The Morgan fingerprint density at radius 2 is 1.62 bits per heavy atom. The van der Waals surface area contributed by atoms with Crippen LogP contribution in [0.1, 0.15) is 35.1 Å². The normalized spacial score (nSPS) is 15.8. The second-order valence-corrected chi connectivity index (χ2v) is 7.52. The number of hydrogen-bond acceptors (Lipinski definition) is 2. The summed E-state index contributed by atoms with van der Waals surface area (Å²) in [6, 6.07) is 21.5. The number of ether oxygens (including phenoxy) is 2. The second kappa shape index (κ2) is 8.12. The van der Waals surface area contributed by atoms with Gasteiger partial charge in [-0.25, -0.2) is 4.39 Å². The van der Waals surface area contributed by atoms with E-state index in [1.807, 2.05) is 24.3 Å². The molecule has 0 fully saturated rings. The van der Waals surface area contributed by atoms with E-state index in [-0.39, 0.29) is 11.7 Å². The average Bonchev–Trinajstić information content (AvgIpc) is 2.75. The minimum atomic E-state index is -0.200. The first-order valence-electron chi connectivity index (χ1n) is 9.84. The van der Waals surface area contributed by atoms with Gasteiger partial charge in [0.2, 0.25) is 0 Å². The molecule has 0 saturated heterocycles. The van der Waals surface area contributed by atoms with E-state index in [4.69, 9.17) is 9.47 Å². The molecule has 0 heterocycles. The Bertz CT molecular complexity index is 1050. The molecule has 0 radical (unpaired) electrons. The number of rotatable bonds is 5. The number of allylic oxidation sites excluding steroid dienone is 2. The number of halogens is 1. The van der Waals surface area contributed by atoms with Crippen molar-refractivity contribution in [2.75, 3.05) is 14.2 Å². The fourth-order valence-corrected chi connectivity index (χ4v) is 4.23. The minimum absolute atomic E-state index is 0.200. The van der Waals surface area contributed by atoms with Crippen LogP contribution >= 0.6 is 0 Å². The monoisotopic (exact) mass is 388 g/mol. The first-order chi connectivity index (χ1) is 14.1. The smallest absolute Gasteiger partial charge is 0.123 e. The van der Waals surface area contributed by atoms with Crippen LogP contribution in [0.15, 0.2) is 72.3 Å². The maximum absolute atomic E-state index is 13.8. The lowest BCUT2D eigenvalue weighted by atomic mass is 9.74. The van der Waals surface area contributed by atoms with E-state index < -0.39 is 0 Å². The Morgan fingerprint density at radius 3 is 2.31 bits per heavy atom. The Labute approximate surface area is 171 Å². The summed E-state index contributed by atoms with van der Waals surface area (Å²) in [6.07, 6.45) is 1.63. The molecule has 1 aliphatic carbocycles. The predicted molar refractivity (Wildman–Crippen MR) is 115 cm³/mol. The van der Waals surface area contributed by atoms with E-state index in [1.165, 1.54) is 33.9 Å². The molecule has 0 saturated carbocycles. The first kappa shape index (κ1) is 19.3. The maximum Gasteiger partial charge on any atom is 0.123 e. The van der Waals surface area contributed by atoms with Crippen LogP contribution in [-0.4, -0.2) is 14.2 Å². The molecule has 1 unspecified atom stereocenters. The van der Waals surface area contributed by atoms with E-state index in [0.29, 0.717) is 6.42 Å². The lowest BCUT2D eigenvalue weighted by Gasteiger charge is -2.30. The van der Waals surface area contributed by atoms with Crippen LogP contribution in [0.3, 0.4) is 0 Å². The van der Waals surface area contributed by atoms with Gasteiger partial charge in [0, 0.05) is 5.92 Å². The Kier molecular flexibility index (Phi) is 5.39. The summed E-state index contributed by atoms with van der Waals surface area (Å²) in [5.41, 5.74) is 7.31. The molecule has 0 spiro atoms. The molecule has 3 aromatic carbocycles. The molecular weight excluding hydrogens is 363 g/mol. The van der Waals surface area contributed by atoms with Crippen molar-refractivity contribution < 1.29 is 13.9 Å². The van der Waals surface area contributed by atoms with E-state index >= 15 is 0 Å². The van der Waals surface area contributed by atoms with Crippen molar-refractivity contribution >= 4 is 5.57 Å². The van der Waals surface area contributed by atoms with Crippen molar-refractivity contribution in [3.63, 3.8) is 0 Å². The molecule has 0 aromatic heterocycles. The van der Waals surface area contributed by atoms with Gasteiger partial charge in [0.25, 0.3) is 0 Å². The Morgan fingerprint density at radius 1 is 0.897 bits per heavy atom. The van der Waals surface area contributed by atoms with Gasteiger partial charge in [-0.15, -0.1) is 0 Å². The number of methoxy groups -OCH3 is 2. The summed E-state index contributed by atoms with van der Waals surface area (Å²) >= 11 is 0. The van der Waals surface area contributed by atoms with Gasteiger partial charge in [-0.2, -0.15) is 0 Å². The van der Waals surface area contributed by atoms with Gasteiger partial charge in [0.15, 0.2) is 0 Å². The number of benzene rings is 3. The summed E-state index contributed by atoms with van der Waals surface area (Å²) in [5.74, 6) is 1.78. The molecule has 1 atom stereocenters. The Balaban J connectivity index is 1.80.